The number of carbonyl (C=O) groups is 2. The second-order valence-corrected chi connectivity index (χ2v) is 4.47. The van der Waals surface area contributed by atoms with Crippen LogP contribution in [0.4, 0.5) is 0 Å². The lowest BCUT2D eigenvalue weighted by molar-refractivity contribution is -0.161. The minimum absolute atomic E-state index is 0.134. The third-order valence-electron chi connectivity index (χ3n) is 1.94. The van der Waals surface area contributed by atoms with Crippen molar-refractivity contribution in [3.8, 4) is 0 Å². The summed E-state index contributed by atoms with van der Waals surface area (Å²) >= 11 is 0. The predicted octanol–water partition coefficient (Wildman–Crippen LogP) is 1.86. The molecule has 0 aliphatic heterocycles. The first-order valence-electron chi connectivity index (χ1n) is 4.83. The van der Waals surface area contributed by atoms with Gasteiger partial charge in [0.2, 0.25) is 0 Å². The van der Waals surface area contributed by atoms with Crippen molar-refractivity contribution in [3.05, 3.63) is 12.2 Å². The smallest absolute Gasteiger partial charge is 0.317 e. The Morgan fingerprint density at radius 1 is 1.50 bits per heavy atom. The van der Waals surface area contributed by atoms with E-state index in [2.05, 4.69) is 0 Å². The standard InChI is InChI=1S/C11H16O3/c1-11(2,3)14-10(13)8-6-4-5-7-9(8)12/h5,7-8H,4,6H2,1-3H3. The van der Waals surface area contributed by atoms with Crippen LogP contribution in [0, 0.1) is 5.92 Å². The summed E-state index contributed by atoms with van der Waals surface area (Å²) in [5.41, 5.74) is -0.515. The van der Waals surface area contributed by atoms with E-state index < -0.39 is 17.5 Å². The van der Waals surface area contributed by atoms with E-state index in [1.54, 1.807) is 26.8 Å². The lowest BCUT2D eigenvalue weighted by Gasteiger charge is -2.23. The Kier molecular flexibility index (Phi) is 3.09. The van der Waals surface area contributed by atoms with E-state index in [1.807, 2.05) is 0 Å². The van der Waals surface area contributed by atoms with Crippen LogP contribution in [0.2, 0.25) is 0 Å². The molecule has 0 saturated heterocycles. The first kappa shape index (κ1) is 11.0. The van der Waals surface area contributed by atoms with E-state index in [0.29, 0.717) is 6.42 Å². The monoisotopic (exact) mass is 196 g/mol. The maximum atomic E-state index is 11.5. The first-order valence-corrected chi connectivity index (χ1v) is 4.83. The molecule has 1 aliphatic carbocycles. The molecular weight excluding hydrogens is 180 g/mol. The van der Waals surface area contributed by atoms with E-state index in [1.165, 1.54) is 6.08 Å². The summed E-state index contributed by atoms with van der Waals surface area (Å²) in [6.45, 7) is 5.40. The fraction of sp³-hybridized carbons (Fsp3) is 0.636. The Bertz CT molecular complexity index is 271. The third-order valence-corrected chi connectivity index (χ3v) is 1.94. The summed E-state index contributed by atoms with van der Waals surface area (Å²) in [4.78, 5) is 22.9. The van der Waals surface area contributed by atoms with Crippen molar-refractivity contribution in [2.75, 3.05) is 0 Å². The second kappa shape index (κ2) is 3.95. The molecule has 1 atom stereocenters. The van der Waals surface area contributed by atoms with Crippen LogP contribution in [-0.2, 0) is 14.3 Å². The molecule has 14 heavy (non-hydrogen) atoms. The van der Waals surface area contributed by atoms with Gasteiger partial charge in [-0.05, 0) is 39.7 Å². The number of allylic oxidation sites excluding steroid dienone is 2. The largest absolute Gasteiger partial charge is 0.459 e. The highest BCUT2D eigenvalue weighted by atomic mass is 16.6. The maximum Gasteiger partial charge on any atom is 0.317 e. The molecule has 3 heteroatoms. The minimum atomic E-state index is -0.584. The fourth-order valence-corrected chi connectivity index (χ4v) is 1.33. The van der Waals surface area contributed by atoms with Crippen LogP contribution in [0.25, 0.3) is 0 Å². The number of esters is 1. The van der Waals surface area contributed by atoms with Crippen molar-refractivity contribution >= 4 is 11.8 Å². The average molecular weight is 196 g/mol. The Labute approximate surface area is 84.1 Å². The highest BCUT2D eigenvalue weighted by Crippen LogP contribution is 2.19. The lowest BCUT2D eigenvalue weighted by Crippen LogP contribution is -2.33. The third kappa shape index (κ3) is 2.98. The van der Waals surface area contributed by atoms with Gasteiger partial charge in [-0.3, -0.25) is 9.59 Å². The van der Waals surface area contributed by atoms with E-state index in [9.17, 15) is 9.59 Å². The van der Waals surface area contributed by atoms with Crippen LogP contribution < -0.4 is 0 Å². The molecule has 1 unspecified atom stereocenters. The van der Waals surface area contributed by atoms with E-state index >= 15 is 0 Å². The number of ether oxygens (including phenoxy) is 1. The van der Waals surface area contributed by atoms with Crippen LogP contribution in [-0.4, -0.2) is 17.4 Å². The molecule has 0 bridgehead atoms. The van der Waals surface area contributed by atoms with Gasteiger partial charge in [0, 0.05) is 0 Å². The molecule has 0 amide bonds. The van der Waals surface area contributed by atoms with Gasteiger partial charge in [0.25, 0.3) is 0 Å². The molecule has 3 nitrogen and oxygen atoms in total. The van der Waals surface area contributed by atoms with Crippen molar-refractivity contribution in [2.45, 2.75) is 39.2 Å². The van der Waals surface area contributed by atoms with Crippen LogP contribution in [0.3, 0.4) is 0 Å². The molecule has 0 aromatic carbocycles. The number of carbonyl (C=O) groups excluding carboxylic acids is 2. The second-order valence-electron chi connectivity index (χ2n) is 4.47. The molecule has 0 fully saturated rings. The quantitative estimate of drug-likeness (QED) is 0.475. The Hall–Kier alpha value is -1.12. The molecule has 0 N–H and O–H groups in total. The SMILES string of the molecule is CC(C)(C)OC(=O)C1CCC=CC1=O. The van der Waals surface area contributed by atoms with E-state index in [-0.39, 0.29) is 5.78 Å². The van der Waals surface area contributed by atoms with Gasteiger partial charge in [-0.2, -0.15) is 0 Å². The molecule has 0 radical (unpaired) electrons. The zero-order valence-electron chi connectivity index (χ0n) is 8.87. The van der Waals surface area contributed by atoms with Gasteiger partial charge in [0.1, 0.15) is 11.5 Å². The number of rotatable bonds is 1. The zero-order valence-corrected chi connectivity index (χ0v) is 8.87. The molecule has 0 spiro atoms. The van der Waals surface area contributed by atoms with Crippen LogP contribution in [0.5, 0.6) is 0 Å². The van der Waals surface area contributed by atoms with Crippen LogP contribution in [0.15, 0.2) is 12.2 Å². The molecule has 0 aromatic heterocycles. The van der Waals surface area contributed by atoms with Gasteiger partial charge < -0.3 is 4.74 Å². The number of hydrogen-bond donors (Lipinski definition) is 0. The molecular formula is C11H16O3. The molecule has 1 rings (SSSR count). The molecule has 0 aromatic rings. The number of hydrogen-bond acceptors (Lipinski definition) is 3. The molecule has 78 valence electrons. The van der Waals surface area contributed by atoms with Crippen molar-refractivity contribution in [2.24, 2.45) is 5.92 Å². The summed E-state index contributed by atoms with van der Waals surface area (Å²) < 4.78 is 5.15. The molecule has 1 aliphatic rings. The molecule has 0 heterocycles. The maximum absolute atomic E-state index is 11.5. The van der Waals surface area contributed by atoms with Crippen molar-refractivity contribution in [1.29, 1.82) is 0 Å². The normalized spacial score (nSPS) is 22.2. The highest BCUT2D eigenvalue weighted by Gasteiger charge is 2.30. The number of ketones is 1. The summed E-state index contributed by atoms with van der Waals surface area (Å²) in [6.07, 6.45) is 4.61. The average Bonchev–Trinajstić information content (AvgIpc) is 2.01. The summed E-state index contributed by atoms with van der Waals surface area (Å²) in [5, 5.41) is 0. The summed E-state index contributed by atoms with van der Waals surface area (Å²) in [7, 11) is 0. The van der Waals surface area contributed by atoms with Gasteiger partial charge in [-0.15, -0.1) is 0 Å². The zero-order chi connectivity index (χ0) is 10.8. The van der Waals surface area contributed by atoms with Gasteiger partial charge >= 0.3 is 5.97 Å². The van der Waals surface area contributed by atoms with Crippen LogP contribution >= 0.6 is 0 Å². The fourth-order valence-electron chi connectivity index (χ4n) is 1.33. The lowest BCUT2D eigenvalue weighted by atomic mass is 9.93. The summed E-state index contributed by atoms with van der Waals surface area (Å²) in [5.74, 6) is -1.11. The van der Waals surface area contributed by atoms with Gasteiger partial charge in [0.05, 0.1) is 0 Å². The highest BCUT2D eigenvalue weighted by molar-refractivity contribution is 6.05. The van der Waals surface area contributed by atoms with Gasteiger partial charge in [0.15, 0.2) is 5.78 Å². The Balaban J connectivity index is 2.61. The molecule has 0 saturated carbocycles. The van der Waals surface area contributed by atoms with Crippen LogP contribution in [0.1, 0.15) is 33.6 Å². The Morgan fingerprint density at radius 3 is 2.64 bits per heavy atom. The van der Waals surface area contributed by atoms with Gasteiger partial charge in [-0.1, -0.05) is 6.08 Å². The van der Waals surface area contributed by atoms with Crippen molar-refractivity contribution in [1.82, 2.24) is 0 Å². The van der Waals surface area contributed by atoms with Crippen molar-refractivity contribution < 1.29 is 14.3 Å². The van der Waals surface area contributed by atoms with E-state index in [4.69, 9.17) is 4.74 Å². The first-order chi connectivity index (χ1) is 6.40. The van der Waals surface area contributed by atoms with E-state index in [0.717, 1.165) is 6.42 Å². The Morgan fingerprint density at radius 2 is 2.14 bits per heavy atom. The van der Waals surface area contributed by atoms with Crippen molar-refractivity contribution in [3.63, 3.8) is 0 Å². The predicted molar refractivity (Wildman–Crippen MR) is 52.7 cm³/mol. The minimum Gasteiger partial charge on any atom is -0.459 e. The topological polar surface area (TPSA) is 43.4 Å². The van der Waals surface area contributed by atoms with Gasteiger partial charge in [-0.25, -0.2) is 0 Å². The summed E-state index contributed by atoms with van der Waals surface area (Å²) in [6, 6.07) is 0.